The van der Waals surface area contributed by atoms with Crippen molar-refractivity contribution in [2.45, 2.75) is 17.9 Å². The van der Waals surface area contributed by atoms with Crippen molar-refractivity contribution >= 4 is 9.84 Å². The first-order valence-electron chi connectivity index (χ1n) is 4.74. The van der Waals surface area contributed by atoms with Gasteiger partial charge in [-0.15, -0.1) is 0 Å². The molecule has 1 aromatic rings. The van der Waals surface area contributed by atoms with Crippen molar-refractivity contribution in [1.29, 1.82) is 0 Å². The maximum atomic E-state index is 13.0. The molecule has 4 nitrogen and oxygen atoms in total. The highest BCUT2D eigenvalue weighted by Gasteiger charge is 2.19. The zero-order chi connectivity index (χ0) is 12.3. The molecule has 0 bridgehead atoms. The van der Waals surface area contributed by atoms with Gasteiger partial charge in [-0.1, -0.05) is 0 Å². The smallest absolute Gasteiger partial charge is 0.180 e. The van der Waals surface area contributed by atoms with E-state index in [1.54, 1.807) is 0 Å². The van der Waals surface area contributed by atoms with Gasteiger partial charge in [-0.3, -0.25) is 0 Å². The van der Waals surface area contributed by atoms with Crippen LogP contribution in [0.4, 0.5) is 4.39 Å². The second-order valence-corrected chi connectivity index (χ2v) is 5.62. The molecule has 0 radical (unpaired) electrons. The lowest BCUT2D eigenvalue weighted by Crippen LogP contribution is -2.28. The number of rotatable bonds is 4. The van der Waals surface area contributed by atoms with Crippen molar-refractivity contribution in [2.24, 2.45) is 5.73 Å². The van der Waals surface area contributed by atoms with Crippen molar-refractivity contribution < 1.29 is 17.9 Å². The predicted molar refractivity (Wildman–Crippen MR) is 58.3 cm³/mol. The van der Waals surface area contributed by atoms with Crippen LogP contribution in [-0.2, 0) is 9.84 Å². The summed E-state index contributed by atoms with van der Waals surface area (Å²) in [6, 6.07) is 3.52. The van der Waals surface area contributed by atoms with Gasteiger partial charge in [0.05, 0.1) is 16.8 Å². The van der Waals surface area contributed by atoms with Gasteiger partial charge in [-0.25, -0.2) is 12.8 Å². The molecular weight excluding hydrogens is 233 g/mol. The Morgan fingerprint density at radius 2 is 2.12 bits per heavy atom. The molecule has 0 spiro atoms. The lowest BCUT2D eigenvalue weighted by molar-refractivity contribution is 0.205. The summed E-state index contributed by atoms with van der Waals surface area (Å²) in [5.41, 5.74) is 5.39. The number of aryl methyl sites for hydroxylation is 1. The van der Waals surface area contributed by atoms with Gasteiger partial charge in [0, 0.05) is 6.54 Å². The fraction of sp³-hybridized carbons (Fsp3) is 0.400. The first-order valence-corrected chi connectivity index (χ1v) is 6.39. The first-order chi connectivity index (χ1) is 7.36. The van der Waals surface area contributed by atoms with Crippen LogP contribution < -0.4 is 5.73 Å². The van der Waals surface area contributed by atoms with E-state index in [1.807, 2.05) is 0 Å². The molecule has 1 rings (SSSR count). The number of hydrogen-bond acceptors (Lipinski definition) is 4. The maximum absolute atomic E-state index is 13.0. The van der Waals surface area contributed by atoms with Gasteiger partial charge in [-0.05, 0) is 30.7 Å². The molecule has 1 unspecified atom stereocenters. The molecular formula is C10H14FNO3S. The summed E-state index contributed by atoms with van der Waals surface area (Å²) < 4.78 is 36.4. The van der Waals surface area contributed by atoms with Gasteiger partial charge in [-0.2, -0.15) is 0 Å². The fourth-order valence-electron chi connectivity index (χ4n) is 1.23. The van der Waals surface area contributed by atoms with Crippen molar-refractivity contribution in [1.82, 2.24) is 0 Å². The van der Waals surface area contributed by atoms with Crippen molar-refractivity contribution in [3.05, 3.63) is 29.6 Å². The topological polar surface area (TPSA) is 80.4 Å². The van der Waals surface area contributed by atoms with E-state index in [4.69, 9.17) is 5.73 Å². The highest BCUT2D eigenvalue weighted by atomic mass is 32.2. The van der Waals surface area contributed by atoms with E-state index in [0.29, 0.717) is 0 Å². The Bertz CT molecular complexity index is 473. The molecule has 0 saturated carbocycles. The lowest BCUT2D eigenvalue weighted by Gasteiger charge is -2.09. The van der Waals surface area contributed by atoms with E-state index in [-0.39, 0.29) is 17.0 Å². The minimum atomic E-state index is -3.61. The Morgan fingerprint density at radius 3 is 2.62 bits per heavy atom. The molecule has 0 fully saturated rings. The SMILES string of the molecule is Cc1cc(S(=O)(=O)CC(O)CN)ccc1F. The number of aliphatic hydroxyl groups excluding tert-OH is 1. The van der Waals surface area contributed by atoms with E-state index >= 15 is 0 Å². The molecule has 0 aromatic heterocycles. The Hall–Kier alpha value is -0.980. The predicted octanol–water partition coefficient (Wildman–Crippen LogP) is 0.227. The van der Waals surface area contributed by atoms with E-state index in [9.17, 15) is 17.9 Å². The first kappa shape index (κ1) is 13.1. The van der Waals surface area contributed by atoms with Crippen molar-refractivity contribution in [3.63, 3.8) is 0 Å². The number of benzene rings is 1. The Labute approximate surface area is 93.8 Å². The molecule has 6 heteroatoms. The molecule has 0 saturated heterocycles. The van der Waals surface area contributed by atoms with Gasteiger partial charge < -0.3 is 10.8 Å². The Morgan fingerprint density at radius 1 is 1.50 bits per heavy atom. The average Bonchev–Trinajstić information content (AvgIpc) is 2.21. The van der Waals surface area contributed by atoms with Crippen LogP contribution in [0.2, 0.25) is 0 Å². The number of sulfone groups is 1. The molecule has 0 aliphatic carbocycles. The number of halogens is 1. The van der Waals surface area contributed by atoms with Crippen LogP contribution in [-0.4, -0.2) is 31.9 Å². The van der Waals surface area contributed by atoms with E-state index in [1.165, 1.54) is 19.1 Å². The third kappa shape index (κ3) is 3.01. The van der Waals surface area contributed by atoms with Crippen LogP contribution in [0.3, 0.4) is 0 Å². The maximum Gasteiger partial charge on any atom is 0.180 e. The summed E-state index contributed by atoms with van der Waals surface area (Å²) in [5.74, 6) is -0.910. The minimum Gasteiger partial charge on any atom is -0.391 e. The third-order valence-corrected chi connectivity index (χ3v) is 3.97. The summed E-state index contributed by atoms with van der Waals surface area (Å²) in [4.78, 5) is -0.00102. The third-order valence-electron chi connectivity index (χ3n) is 2.17. The zero-order valence-electron chi connectivity index (χ0n) is 8.85. The van der Waals surface area contributed by atoms with E-state index in [2.05, 4.69) is 0 Å². The molecule has 16 heavy (non-hydrogen) atoms. The second-order valence-electron chi connectivity index (χ2n) is 3.58. The van der Waals surface area contributed by atoms with Gasteiger partial charge in [0.25, 0.3) is 0 Å². The summed E-state index contributed by atoms with van der Waals surface area (Å²) in [5, 5.41) is 9.20. The number of hydrogen-bond donors (Lipinski definition) is 2. The average molecular weight is 247 g/mol. The fourth-order valence-corrected chi connectivity index (χ4v) is 2.69. The van der Waals surface area contributed by atoms with E-state index in [0.717, 1.165) is 6.07 Å². The summed E-state index contributed by atoms with van der Waals surface area (Å²) in [7, 11) is -3.61. The standard InChI is InChI=1S/C10H14FNO3S/c1-7-4-9(2-3-10(7)11)16(14,15)6-8(13)5-12/h2-4,8,13H,5-6,12H2,1H3. The molecule has 0 aliphatic heterocycles. The van der Waals surface area contributed by atoms with Gasteiger partial charge in [0.1, 0.15) is 5.82 Å². The van der Waals surface area contributed by atoms with E-state index < -0.39 is 27.5 Å². The largest absolute Gasteiger partial charge is 0.391 e. The van der Waals surface area contributed by atoms with Crippen LogP contribution in [0.1, 0.15) is 5.56 Å². The van der Waals surface area contributed by atoms with Crippen molar-refractivity contribution in [2.75, 3.05) is 12.3 Å². The molecule has 3 N–H and O–H groups in total. The second kappa shape index (κ2) is 4.90. The minimum absolute atomic E-state index is 0.00102. The van der Waals surface area contributed by atoms with Crippen LogP contribution in [0, 0.1) is 12.7 Å². The van der Waals surface area contributed by atoms with Crippen LogP contribution in [0.15, 0.2) is 23.1 Å². The highest BCUT2D eigenvalue weighted by Crippen LogP contribution is 2.16. The Kier molecular flexibility index (Phi) is 4.01. The van der Waals surface area contributed by atoms with Crippen LogP contribution >= 0.6 is 0 Å². The van der Waals surface area contributed by atoms with Gasteiger partial charge >= 0.3 is 0 Å². The van der Waals surface area contributed by atoms with Crippen molar-refractivity contribution in [3.8, 4) is 0 Å². The summed E-state index contributed by atoms with van der Waals surface area (Å²) >= 11 is 0. The number of nitrogens with two attached hydrogens (primary N) is 1. The highest BCUT2D eigenvalue weighted by molar-refractivity contribution is 7.91. The number of aliphatic hydroxyl groups is 1. The molecule has 0 aliphatic rings. The quantitative estimate of drug-likeness (QED) is 0.746. The normalized spacial score (nSPS) is 13.8. The van der Waals surface area contributed by atoms with Crippen LogP contribution in [0.25, 0.3) is 0 Å². The molecule has 1 aromatic carbocycles. The van der Waals surface area contributed by atoms with Gasteiger partial charge in [0.2, 0.25) is 0 Å². The summed E-state index contributed by atoms with van der Waals surface area (Å²) in [6.45, 7) is 1.35. The zero-order valence-corrected chi connectivity index (χ0v) is 9.67. The Balaban J connectivity index is 3.03. The molecule has 0 amide bonds. The molecule has 0 heterocycles. The summed E-state index contributed by atoms with van der Waals surface area (Å²) in [6.07, 6.45) is -1.10. The molecule has 90 valence electrons. The molecule has 1 atom stereocenters. The van der Waals surface area contributed by atoms with Gasteiger partial charge in [0.15, 0.2) is 9.84 Å². The lowest BCUT2D eigenvalue weighted by atomic mass is 10.2. The monoisotopic (exact) mass is 247 g/mol. The van der Waals surface area contributed by atoms with Crippen LogP contribution in [0.5, 0.6) is 0 Å².